The van der Waals surface area contributed by atoms with Crippen molar-refractivity contribution in [3.05, 3.63) is 59.7 Å². The number of rotatable bonds is 5. The van der Waals surface area contributed by atoms with Crippen LogP contribution in [-0.2, 0) is 4.79 Å². The van der Waals surface area contributed by atoms with E-state index in [-0.39, 0.29) is 18.1 Å². The second kappa shape index (κ2) is 6.56. The van der Waals surface area contributed by atoms with Gasteiger partial charge in [0, 0.05) is 5.69 Å². The van der Waals surface area contributed by atoms with E-state index in [1.807, 2.05) is 19.1 Å². The zero-order valence-electron chi connectivity index (χ0n) is 11.5. The van der Waals surface area contributed by atoms with E-state index in [9.17, 15) is 9.59 Å². The van der Waals surface area contributed by atoms with E-state index in [0.717, 1.165) is 5.56 Å². The van der Waals surface area contributed by atoms with E-state index in [1.54, 1.807) is 12.1 Å². The van der Waals surface area contributed by atoms with Crippen LogP contribution in [0.1, 0.15) is 15.9 Å². The Morgan fingerprint density at radius 3 is 2.24 bits per heavy atom. The Kier molecular flexibility index (Phi) is 4.56. The van der Waals surface area contributed by atoms with Gasteiger partial charge >= 0.3 is 5.97 Å². The highest BCUT2D eigenvalue weighted by Gasteiger charge is 2.05. The Bertz CT molecular complexity index is 632. The Labute approximate surface area is 122 Å². The number of carbonyl (C=O) groups is 2. The van der Waals surface area contributed by atoms with Crippen molar-refractivity contribution in [2.24, 2.45) is 0 Å². The van der Waals surface area contributed by atoms with Crippen molar-refractivity contribution in [3.8, 4) is 5.75 Å². The first kappa shape index (κ1) is 14.6. The van der Waals surface area contributed by atoms with Crippen molar-refractivity contribution < 1.29 is 19.4 Å². The highest BCUT2D eigenvalue weighted by atomic mass is 16.5. The molecule has 2 aromatic rings. The number of aromatic carboxylic acids is 1. The number of carboxylic acid groups (broad SMARTS) is 1. The molecule has 2 aromatic carbocycles. The average Bonchev–Trinajstić information content (AvgIpc) is 2.47. The molecule has 0 aliphatic carbocycles. The van der Waals surface area contributed by atoms with Crippen molar-refractivity contribution in [3.63, 3.8) is 0 Å². The topological polar surface area (TPSA) is 75.6 Å². The summed E-state index contributed by atoms with van der Waals surface area (Å²) in [6.07, 6.45) is 0. The number of benzene rings is 2. The number of carboxylic acids is 1. The summed E-state index contributed by atoms with van der Waals surface area (Å²) >= 11 is 0. The molecular weight excluding hydrogens is 270 g/mol. The van der Waals surface area contributed by atoms with Crippen LogP contribution in [0, 0.1) is 6.92 Å². The molecule has 0 saturated heterocycles. The fourth-order valence-corrected chi connectivity index (χ4v) is 1.68. The lowest BCUT2D eigenvalue weighted by Gasteiger charge is -2.08. The van der Waals surface area contributed by atoms with Gasteiger partial charge < -0.3 is 15.2 Å². The van der Waals surface area contributed by atoms with Crippen LogP contribution in [0.25, 0.3) is 0 Å². The van der Waals surface area contributed by atoms with E-state index in [2.05, 4.69) is 5.32 Å². The molecule has 0 heterocycles. The third-order valence-corrected chi connectivity index (χ3v) is 2.81. The third kappa shape index (κ3) is 4.35. The van der Waals surface area contributed by atoms with Gasteiger partial charge in [0.25, 0.3) is 5.91 Å². The monoisotopic (exact) mass is 285 g/mol. The normalized spacial score (nSPS) is 9.95. The number of nitrogens with one attached hydrogen (secondary N) is 1. The summed E-state index contributed by atoms with van der Waals surface area (Å²) in [6, 6.07) is 13.3. The molecule has 0 aromatic heterocycles. The predicted molar refractivity (Wildman–Crippen MR) is 78.7 cm³/mol. The molecule has 0 saturated carbocycles. The number of aryl methyl sites for hydroxylation is 1. The second-order valence-electron chi connectivity index (χ2n) is 4.53. The summed E-state index contributed by atoms with van der Waals surface area (Å²) in [5.74, 6) is -0.689. The number of anilines is 1. The van der Waals surface area contributed by atoms with E-state index in [4.69, 9.17) is 9.84 Å². The largest absolute Gasteiger partial charge is 0.484 e. The summed E-state index contributed by atoms with van der Waals surface area (Å²) in [5, 5.41) is 11.4. The molecule has 0 bridgehead atoms. The van der Waals surface area contributed by atoms with Gasteiger partial charge in [-0.2, -0.15) is 0 Å². The molecule has 0 aliphatic heterocycles. The summed E-state index contributed by atoms with van der Waals surface area (Å²) in [5.41, 5.74) is 1.81. The molecule has 0 aliphatic rings. The standard InChI is InChI=1S/C16H15NO4/c1-11-2-8-14(9-3-11)21-10-15(18)17-13-6-4-12(5-7-13)16(19)20/h2-9H,10H2,1H3,(H,17,18)(H,19,20). The first-order chi connectivity index (χ1) is 10.0. The number of amides is 1. The number of carbonyl (C=O) groups excluding carboxylic acids is 1. The molecule has 108 valence electrons. The zero-order chi connectivity index (χ0) is 15.2. The molecule has 5 heteroatoms. The van der Waals surface area contributed by atoms with Crippen LogP contribution in [0.3, 0.4) is 0 Å². The molecule has 1 amide bonds. The van der Waals surface area contributed by atoms with E-state index in [0.29, 0.717) is 11.4 Å². The predicted octanol–water partition coefficient (Wildman–Crippen LogP) is 2.71. The van der Waals surface area contributed by atoms with Crippen LogP contribution in [0.5, 0.6) is 5.75 Å². The highest BCUT2D eigenvalue weighted by molar-refractivity contribution is 5.93. The minimum Gasteiger partial charge on any atom is -0.484 e. The van der Waals surface area contributed by atoms with Crippen molar-refractivity contribution in [1.82, 2.24) is 0 Å². The zero-order valence-corrected chi connectivity index (χ0v) is 11.5. The Morgan fingerprint density at radius 2 is 1.67 bits per heavy atom. The van der Waals surface area contributed by atoms with Crippen LogP contribution in [0.4, 0.5) is 5.69 Å². The van der Waals surface area contributed by atoms with Gasteiger partial charge in [0.05, 0.1) is 5.56 Å². The smallest absolute Gasteiger partial charge is 0.335 e. The maximum Gasteiger partial charge on any atom is 0.335 e. The lowest BCUT2D eigenvalue weighted by Crippen LogP contribution is -2.20. The lowest BCUT2D eigenvalue weighted by molar-refractivity contribution is -0.118. The van der Waals surface area contributed by atoms with E-state index < -0.39 is 5.97 Å². The lowest BCUT2D eigenvalue weighted by atomic mass is 10.2. The van der Waals surface area contributed by atoms with Crippen LogP contribution >= 0.6 is 0 Å². The Morgan fingerprint density at radius 1 is 1.05 bits per heavy atom. The second-order valence-corrected chi connectivity index (χ2v) is 4.53. The SMILES string of the molecule is Cc1ccc(OCC(=O)Nc2ccc(C(=O)O)cc2)cc1. The fourth-order valence-electron chi connectivity index (χ4n) is 1.68. The molecule has 0 atom stereocenters. The number of hydrogen-bond acceptors (Lipinski definition) is 3. The van der Waals surface area contributed by atoms with Crippen LogP contribution in [0.2, 0.25) is 0 Å². The fraction of sp³-hybridized carbons (Fsp3) is 0.125. The number of ether oxygens (including phenoxy) is 1. The maximum atomic E-state index is 11.7. The van der Waals surface area contributed by atoms with E-state index in [1.165, 1.54) is 24.3 Å². The molecular formula is C16H15NO4. The maximum absolute atomic E-state index is 11.7. The van der Waals surface area contributed by atoms with Crippen LogP contribution in [-0.4, -0.2) is 23.6 Å². The van der Waals surface area contributed by atoms with Gasteiger partial charge in [-0.15, -0.1) is 0 Å². The molecule has 0 spiro atoms. The van der Waals surface area contributed by atoms with Gasteiger partial charge in [-0.3, -0.25) is 4.79 Å². The van der Waals surface area contributed by atoms with Crippen LogP contribution in [0.15, 0.2) is 48.5 Å². The summed E-state index contributed by atoms with van der Waals surface area (Å²) in [6.45, 7) is 1.86. The first-order valence-electron chi connectivity index (χ1n) is 6.37. The van der Waals surface area contributed by atoms with Gasteiger partial charge in [0.15, 0.2) is 6.61 Å². The van der Waals surface area contributed by atoms with Gasteiger partial charge in [-0.1, -0.05) is 17.7 Å². The molecule has 0 radical (unpaired) electrons. The molecule has 0 fully saturated rings. The van der Waals surface area contributed by atoms with Crippen molar-refractivity contribution in [2.45, 2.75) is 6.92 Å². The van der Waals surface area contributed by atoms with Crippen molar-refractivity contribution in [2.75, 3.05) is 11.9 Å². The summed E-state index contributed by atoms with van der Waals surface area (Å²) in [7, 11) is 0. The molecule has 2 N–H and O–H groups in total. The summed E-state index contributed by atoms with van der Waals surface area (Å²) in [4.78, 5) is 22.4. The van der Waals surface area contributed by atoms with Crippen molar-refractivity contribution >= 4 is 17.6 Å². The van der Waals surface area contributed by atoms with Gasteiger partial charge in [-0.25, -0.2) is 4.79 Å². The van der Waals surface area contributed by atoms with Gasteiger partial charge in [0.1, 0.15) is 5.75 Å². The molecule has 2 rings (SSSR count). The molecule has 21 heavy (non-hydrogen) atoms. The van der Waals surface area contributed by atoms with Gasteiger partial charge in [0.2, 0.25) is 0 Å². The average molecular weight is 285 g/mol. The van der Waals surface area contributed by atoms with E-state index >= 15 is 0 Å². The van der Waals surface area contributed by atoms with Gasteiger partial charge in [-0.05, 0) is 43.3 Å². The molecule has 5 nitrogen and oxygen atoms in total. The Hall–Kier alpha value is -2.82. The number of hydrogen-bond donors (Lipinski definition) is 2. The highest BCUT2D eigenvalue weighted by Crippen LogP contribution is 2.12. The quantitative estimate of drug-likeness (QED) is 0.885. The molecule has 0 unspecified atom stereocenters. The minimum absolute atomic E-state index is 0.107. The first-order valence-corrected chi connectivity index (χ1v) is 6.37. The summed E-state index contributed by atoms with van der Waals surface area (Å²) < 4.78 is 5.35. The minimum atomic E-state index is -1.00. The third-order valence-electron chi connectivity index (χ3n) is 2.81. The Balaban J connectivity index is 1.86. The van der Waals surface area contributed by atoms with Crippen molar-refractivity contribution in [1.29, 1.82) is 0 Å². The van der Waals surface area contributed by atoms with Crippen LogP contribution < -0.4 is 10.1 Å².